The lowest BCUT2D eigenvalue weighted by Gasteiger charge is -2.16. The summed E-state index contributed by atoms with van der Waals surface area (Å²) in [5.74, 6) is 1.11. The molecule has 0 bridgehead atoms. The Balaban J connectivity index is 2.26. The van der Waals surface area contributed by atoms with E-state index in [-0.39, 0.29) is 18.0 Å². The van der Waals surface area contributed by atoms with Crippen LogP contribution in [0.15, 0.2) is 48.5 Å². The first-order chi connectivity index (χ1) is 11.0. The lowest BCUT2D eigenvalue weighted by Crippen LogP contribution is -2.15. The lowest BCUT2D eigenvalue weighted by molar-refractivity contribution is -0.137. The van der Waals surface area contributed by atoms with Gasteiger partial charge in [0.2, 0.25) is 0 Å². The van der Waals surface area contributed by atoms with Crippen LogP contribution in [0.25, 0.3) is 0 Å². The second kappa shape index (κ2) is 7.82. The van der Waals surface area contributed by atoms with E-state index < -0.39 is 0 Å². The van der Waals surface area contributed by atoms with Gasteiger partial charge in [0, 0.05) is 6.42 Å². The van der Waals surface area contributed by atoms with Gasteiger partial charge in [0.1, 0.15) is 11.5 Å². The molecule has 3 nitrogen and oxygen atoms in total. The van der Waals surface area contributed by atoms with E-state index >= 15 is 0 Å². The number of para-hydroxylation sites is 2. The Kier molecular flexibility index (Phi) is 5.80. The maximum Gasteiger partial charge on any atom is 0.313 e. The molecule has 3 heteroatoms. The van der Waals surface area contributed by atoms with E-state index in [1.165, 1.54) is 0 Å². The standard InChI is InChI=1S/C20H24O3/c1-14(2)20(21)23-19-12-8-6-10-17(19)13-16-9-5-7-11-18(16)22-15(3)4/h5-12,14-15H,13H2,1-4H3. The fourth-order valence-electron chi connectivity index (χ4n) is 2.20. The first-order valence-electron chi connectivity index (χ1n) is 8.01. The van der Waals surface area contributed by atoms with Gasteiger partial charge in [-0.3, -0.25) is 4.79 Å². The first-order valence-corrected chi connectivity index (χ1v) is 8.01. The van der Waals surface area contributed by atoms with Gasteiger partial charge < -0.3 is 9.47 Å². The zero-order chi connectivity index (χ0) is 16.8. The molecular weight excluding hydrogens is 288 g/mol. The van der Waals surface area contributed by atoms with Crippen LogP contribution in [0.1, 0.15) is 38.8 Å². The second-order valence-electron chi connectivity index (χ2n) is 6.13. The second-order valence-corrected chi connectivity index (χ2v) is 6.13. The molecule has 0 radical (unpaired) electrons. The molecule has 0 aliphatic heterocycles. The van der Waals surface area contributed by atoms with E-state index in [1.807, 2.05) is 76.2 Å². The summed E-state index contributed by atoms with van der Waals surface area (Å²) < 4.78 is 11.4. The predicted octanol–water partition coefficient (Wildman–Crippen LogP) is 4.63. The van der Waals surface area contributed by atoms with Crippen LogP contribution in [0.3, 0.4) is 0 Å². The molecule has 0 N–H and O–H groups in total. The maximum absolute atomic E-state index is 11.9. The highest BCUT2D eigenvalue weighted by molar-refractivity contribution is 5.74. The van der Waals surface area contributed by atoms with Crippen molar-refractivity contribution in [3.05, 3.63) is 59.7 Å². The molecule has 0 spiro atoms. The Morgan fingerprint density at radius 1 is 0.870 bits per heavy atom. The summed E-state index contributed by atoms with van der Waals surface area (Å²) in [5.41, 5.74) is 2.05. The Labute approximate surface area is 138 Å². The number of esters is 1. The van der Waals surface area contributed by atoms with Crippen LogP contribution in [0.4, 0.5) is 0 Å². The van der Waals surface area contributed by atoms with Crippen LogP contribution in [-0.2, 0) is 11.2 Å². The minimum atomic E-state index is -0.218. The summed E-state index contributed by atoms with van der Waals surface area (Å²) >= 11 is 0. The van der Waals surface area contributed by atoms with Gasteiger partial charge >= 0.3 is 5.97 Å². The molecule has 23 heavy (non-hydrogen) atoms. The molecular formula is C20H24O3. The van der Waals surface area contributed by atoms with Crippen LogP contribution >= 0.6 is 0 Å². The third kappa shape index (κ3) is 4.85. The predicted molar refractivity (Wildman–Crippen MR) is 91.9 cm³/mol. The number of carbonyl (C=O) groups excluding carboxylic acids is 1. The molecule has 122 valence electrons. The molecule has 0 heterocycles. The third-order valence-corrected chi connectivity index (χ3v) is 3.37. The fourth-order valence-corrected chi connectivity index (χ4v) is 2.20. The molecule has 0 amide bonds. The van der Waals surface area contributed by atoms with Gasteiger partial charge in [-0.15, -0.1) is 0 Å². The molecule has 0 saturated heterocycles. The Hall–Kier alpha value is -2.29. The smallest absolute Gasteiger partial charge is 0.313 e. The number of hydrogen-bond acceptors (Lipinski definition) is 3. The van der Waals surface area contributed by atoms with Crippen molar-refractivity contribution in [3.63, 3.8) is 0 Å². The van der Waals surface area contributed by atoms with Gasteiger partial charge in [0.15, 0.2) is 0 Å². The highest BCUT2D eigenvalue weighted by Crippen LogP contribution is 2.27. The molecule has 2 aromatic rings. The molecule has 0 fully saturated rings. The SMILES string of the molecule is CC(C)Oc1ccccc1Cc1ccccc1OC(=O)C(C)C. The lowest BCUT2D eigenvalue weighted by atomic mass is 10.0. The van der Waals surface area contributed by atoms with Crippen molar-refractivity contribution in [1.29, 1.82) is 0 Å². The van der Waals surface area contributed by atoms with E-state index in [1.54, 1.807) is 0 Å². The molecule has 0 aliphatic rings. The Bertz CT molecular complexity index is 659. The minimum absolute atomic E-state index is 0.116. The van der Waals surface area contributed by atoms with Crippen molar-refractivity contribution in [1.82, 2.24) is 0 Å². The van der Waals surface area contributed by atoms with E-state index in [4.69, 9.17) is 9.47 Å². The van der Waals surface area contributed by atoms with Gasteiger partial charge in [0.05, 0.1) is 12.0 Å². The molecule has 2 aromatic carbocycles. The fraction of sp³-hybridized carbons (Fsp3) is 0.350. The van der Waals surface area contributed by atoms with E-state index in [9.17, 15) is 4.79 Å². The largest absolute Gasteiger partial charge is 0.491 e. The average molecular weight is 312 g/mol. The topological polar surface area (TPSA) is 35.5 Å². The number of rotatable bonds is 6. The highest BCUT2D eigenvalue weighted by atomic mass is 16.5. The average Bonchev–Trinajstić information content (AvgIpc) is 2.50. The summed E-state index contributed by atoms with van der Waals surface area (Å²) in [4.78, 5) is 11.9. The van der Waals surface area contributed by atoms with E-state index in [2.05, 4.69) is 0 Å². The van der Waals surface area contributed by atoms with Crippen molar-refractivity contribution in [3.8, 4) is 11.5 Å². The van der Waals surface area contributed by atoms with Gasteiger partial charge in [-0.2, -0.15) is 0 Å². The molecule has 0 unspecified atom stereocenters. The monoisotopic (exact) mass is 312 g/mol. The number of hydrogen-bond donors (Lipinski definition) is 0. The van der Waals surface area contributed by atoms with E-state index in [0.717, 1.165) is 16.9 Å². The van der Waals surface area contributed by atoms with Crippen molar-refractivity contribution in [2.75, 3.05) is 0 Å². The van der Waals surface area contributed by atoms with Crippen molar-refractivity contribution in [2.24, 2.45) is 5.92 Å². The van der Waals surface area contributed by atoms with Crippen LogP contribution in [-0.4, -0.2) is 12.1 Å². The Morgan fingerprint density at radius 3 is 1.96 bits per heavy atom. The quantitative estimate of drug-likeness (QED) is 0.576. The Morgan fingerprint density at radius 2 is 1.39 bits per heavy atom. The van der Waals surface area contributed by atoms with Crippen molar-refractivity contribution in [2.45, 2.75) is 40.2 Å². The van der Waals surface area contributed by atoms with Gasteiger partial charge in [0.25, 0.3) is 0 Å². The first kappa shape index (κ1) is 17.1. The molecule has 0 saturated carbocycles. The van der Waals surface area contributed by atoms with Crippen molar-refractivity contribution < 1.29 is 14.3 Å². The van der Waals surface area contributed by atoms with Gasteiger partial charge in [-0.25, -0.2) is 0 Å². The summed E-state index contributed by atoms with van der Waals surface area (Å²) in [5, 5.41) is 0. The zero-order valence-corrected chi connectivity index (χ0v) is 14.2. The third-order valence-electron chi connectivity index (χ3n) is 3.37. The van der Waals surface area contributed by atoms with Crippen molar-refractivity contribution >= 4 is 5.97 Å². The molecule has 2 rings (SSSR count). The van der Waals surface area contributed by atoms with Crippen LogP contribution in [0.2, 0.25) is 0 Å². The number of carbonyl (C=O) groups is 1. The maximum atomic E-state index is 11.9. The number of benzene rings is 2. The van der Waals surface area contributed by atoms with Crippen LogP contribution < -0.4 is 9.47 Å². The normalized spacial score (nSPS) is 10.9. The van der Waals surface area contributed by atoms with E-state index in [0.29, 0.717) is 12.2 Å². The summed E-state index contributed by atoms with van der Waals surface area (Å²) in [6.45, 7) is 7.68. The minimum Gasteiger partial charge on any atom is -0.491 e. The summed E-state index contributed by atoms with van der Waals surface area (Å²) in [6, 6.07) is 15.6. The zero-order valence-electron chi connectivity index (χ0n) is 14.2. The molecule has 0 aromatic heterocycles. The summed E-state index contributed by atoms with van der Waals surface area (Å²) in [7, 11) is 0. The van der Waals surface area contributed by atoms with Gasteiger partial charge in [-0.05, 0) is 37.1 Å². The van der Waals surface area contributed by atoms with Crippen LogP contribution in [0.5, 0.6) is 11.5 Å². The highest BCUT2D eigenvalue weighted by Gasteiger charge is 2.14. The molecule has 0 atom stereocenters. The number of ether oxygens (including phenoxy) is 2. The van der Waals surface area contributed by atoms with Crippen LogP contribution in [0, 0.1) is 5.92 Å². The van der Waals surface area contributed by atoms with Gasteiger partial charge in [-0.1, -0.05) is 50.2 Å². The summed E-state index contributed by atoms with van der Waals surface area (Å²) in [6.07, 6.45) is 0.773. The molecule has 0 aliphatic carbocycles.